The lowest BCUT2D eigenvalue weighted by Gasteiger charge is -2.42. The highest BCUT2D eigenvalue weighted by atomic mass is 19.4. The van der Waals surface area contributed by atoms with Crippen LogP contribution in [0.15, 0.2) is 45.6 Å². The number of carbonyl (C=O) groups excluding carboxylic acids is 2. The summed E-state index contributed by atoms with van der Waals surface area (Å²) in [6, 6.07) is 6.16. The van der Waals surface area contributed by atoms with Gasteiger partial charge >= 0.3 is 18.1 Å². The van der Waals surface area contributed by atoms with E-state index < -0.39 is 41.6 Å². The van der Waals surface area contributed by atoms with Gasteiger partial charge < -0.3 is 14.2 Å². The quantitative estimate of drug-likeness (QED) is 0.466. The Kier molecular flexibility index (Phi) is 7.62. The molecule has 0 saturated carbocycles. The largest absolute Gasteiger partial charge is 0.417 e. The summed E-state index contributed by atoms with van der Waals surface area (Å²) < 4.78 is 84.0. The SMILES string of the molecule is O=C(Cc1cc(C(F)(F)F)cc(C(F)(F)F)c1)N1CCN(C2CCN(C(=O)c3ccc4[nH]c(=O)oc4c3)CC2)CC1. The molecule has 0 bridgehead atoms. The van der Waals surface area contributed by atoms with Crippen LogP contribution in [0, 0.1) is 0 Å². The van der Waals surface area contributed by atoms with E-state index in [-0.39, 0.29) is 23.6 Å². The summed E-state index contributed by atoms with van der Waals surface area (Å²) in [5.74, 6) is -1.31. The van der Waals surface area contributed by atoms with Crippen molar-refractivity contribution >= 4 is 22.9 Å². The number of hydrogen-bond donors (Lipinski definition) is 1. The number of carbonyl (C=O) groups is 2. The van der Waals surface area contributed by atoms with Gasteiger partial charge in [-0.15, -0.1) is 0 Å². The molecule has 0 unspecified atom stereocenters. The second-order valence-corrected chi connectivity index (χ2v) is 10.3. The third-order valence-corrected chi connectivity index (χ3v) is 7.61. The minimum atomic E-state index is -4.97. The Morgan fingerprint density at radius 1 is 0.829 bits per heavy atom. The summed E-state index contributed by atoms with van der Waals surface area (Å²) in [6.07, 6.45) is -9.11. The number of piperazine rings is 1. The van der Waals surface area contributed by atoms with E-state index >= 15 is 0 Å². The molecule has 0 spiro atoms. The van der Waals surface area contributed by atoms with Crippen LogP contribution in [0.2, 0.25) is 0 Å². The van der Waals surface area contributed by atoms with Crippen molar-refractivity contribution < 1.29 is 40.3 Å². The van der Waals surface area contributed by atoms with Crippen molar-refractivity contribution in [1.82, 2.24) is 19.7 Å². The number of alkyl halides is 6. The number of aromatic nitrogens is 1. The van der Waals surface area contributed by atoms with E-state index in [4.69, 9.17) is 4.42 Å². The monoisotopic (exact) mass is 584 g/mol. The summed E-state index contributed by atoms with van der Waals surface area (Å²) in [5, 5.41) is 0. The first-order valence-electron chi connectivity index (χ1n) is 13.0. The number of hydrogen-bond acceptors (Lipinski definition) is 5. The van der Waals surface area contributed by atoms with Crippen molar-refractivity contribution in [3.8, 4) is 0 Å². The number of nitrogens with one attached hydrogen (secondary N) is 1. The summed E-state index contributed by atoms with van der Waals surface area (Å²) in [4.78, 5) is 45.0. The second kappa shape index (κ2) is 10.9. The van der Waals surface area contributed by atoms with Crippen LogP contribution in [-0.2, 0) is 23.6 Å². The smallest absolute Gasteiger partial charge is 0.408 e. The van der Waals surface area contributed by atoms with Crippen molar-refractivity contribution in [1.29, 1.82) is 0 Å². The Labute approximate surface area is 229 Å². The number of likely N-dealkylation sites (tertiary alicyclic amines) is 1. The molecule has 14 heteroatoms. The van der Waals surface area contributed by atoms with E-state index in [9.17, 15) is 40.7 Å². The minimum absolute atomic E-state index is 0.0470. The number of oxazole rings is 1. The highest BCUT2D eigenvalue weighted by Crippen LogP contribution is 2.36. The lowest BCUT2D eigenvalue weighted by Crippen LogP contribution is -2.55. The van der Waals surface area contributed by atoms with Gasteiger partial charge in [0.05, 0.1) is 23.1 Å². The minimum Gasteiger partial charge on any atom is -0.408 e. The zero-order chi connectivity index (χ0) is 29.5. The summed E-state index contributed by atoms with van der Waals surface area (Å²) in [6.45, 7) is 2.62. The summed E-state index contributed by atoms with van der Waals surface area (Å²) in [7, 11) is 0. The normalized spacial score (nSPS) is 17.8. The molecule has 5 rings (SSSR count). The fraction of sp³-hybridized carbons (Fsp3) is 0.444. The van der Waals surface area contributed by atoms with E-state index in [0.717, 1.165) is 0 Å². The Bertz CT molecular complexity index is 1460. The average molecular weight is 585 g/mol. The van der Waals surface area contributed by atoms with E-state index in [1.807, 2.05) is 0 Å². The maximum Gasteiger partial charge on any atom is 0.417 e. The van der Waals surface area contributed by atoms with Crippen LogP contribution < -0.4 is 5.76 Å². The maximum atomic E-state index is 13.2. The molecule has 8 nitrogen and oxygen atoms in total. The number of amides is 2. The number of benzene rings is 2. The van der Waals surface area contributed by atoms with E-state index in [1.165, 1.54) is 11.0 Å². The highest BCUT2D eigenvalue weighted by Gasteiger charge is 2.37. The lowest BCUT2D eigenvalue weighted by atomic mass is 10.0. The molecule has 220 valence electrons. The zero-order valence-electron chi connectivity index (χ0n) is 21.6. The molecule has 2 fully saturated rings. The molecule has 3 aromatic rings. The molecular formula is C27H26F6N4O4. The maximum absolute atomic E-state index is 13.2. The molecule has 2 amide bonds. The van der Waals surface area contributed by atoms with Crippen molar-refractivity contribution in [2.24, 2.45) is 0 Å². The number of fused-ring (bicyclic) bond motifs is 1. The molecule has 2 aliphatic heterocycles. The topological polar surface area (TPSA) is 89.9 Å². The van der Waals surface area contributed by atoms with Crippen LogP contribution in [0.3, 0.4) is 0 Å². The van der Waals surface area contributed by atoms with Crippen LogP contribution in [0.5, 0.6) is 0 Å². The lowest BCUT2D eigenvalue weighted by molar-refractivity contribution is -0.143. The van der Waals surface area contributed by atoms with Gasteiger partial charge in [0.1, 0.15) is 0 Å². The second-order valence-electron chi connectivity index (χ2n) is 10.3. The number of halogens is 6. The highest BCUT2D eigenvalue weighted by molar-refractivity contribution is 5.97. The molecule has 0 radical (unpaired) electrons. The predicted octanol–water partition coefficient (Wildman–Crippen LogP) is 4.15. The standard InChI is InChI=1S/C27H26F6N4O4/c28-26(29,30)18-11-16(12-19(15-18)27(31,32)33)13-23(38)36-9-7-35(8-10-36)20-3-5-37(6-4-20)24(39)17-1-2-21-22(14-17)41-25(40)34-21/h1-2,11-12,14-15,20H,3-10,13H2,(H,34,40). The number of nitrogens with zero attached hydrogens (tertiary/aromatic N) is 3. The molecule has 0 aliphatic carbocycles. The number of aromatic amines is 1. The molecule has 3 heterocycles. The van der Waals surface area contributed by atoms with Gasteiger partial charge in [0.2, 0.25) is 5.91 Å². The molecule has 2 saturated heterocycles. The first-order chi connectivity index (χ1) is 19.3. The van der Waals surface area contributed by atoms with Gasteiger partial charge in [0.25, 0.3) is 5.91 Å². The molecule has 1 N–H and O–H groups in total. The number of H-pyrrole nitrogens is 1. The van der Waals surface area contributed by atoms with Gasteiger partial charge in [-0.1, -0.05) is 0 Å². The number of piperidine rings is 1. The van der Waals surface area contributed by atoms with Crippen LogP contribution in [-0.4, -0.2) is 76.8 Å². The zero-order valence-corrected chi connectivity index (χ0v) is 21.6. The fourth-order valence-corrected chi connectivity index (χ4v) is 5.44. The molecule has 2 aliphatic rings. The molecule has 2 aromatic carbocycles. The third kappa shape index (κ3) is 6.42. The van der Waals surface area contributed by atoms with Gasteiger partial charge in [-0.25, -0.2) is 4.79 Å². The van der Waals surface area contributed by atoms with Crippen molar-refractivity contribution in [3.05, 3.63) is 69.2 Å². The van der Waals surface area contributed by atoms with Crippen molar-refractivity contribution in [2.75, 3.05) is 39.3 Å². The summed E-state index contributed by atoms with van der Waals surface area (Å²) >= 11 is 0. The molecule has 0 atom stereocenters. The number of rotatable bonds is 4. The first-order valence-corrected chi connectivity index (χ1v) is 13.0. The van der Waals surface area contributed by atoms with Gasteiger partial charge in [-0.05, 0) is 54.8 Å². The summed E-state index contributed by atoms with van der Waals surface area (Å²) in [5.41, 5.74) is -2.01. The Balaban J connectivity index is 1.14. The van der Waals surface area contributed by atoms with Gasteiger partial charge in [-0.3, -0.25) is 19.5 Å². The van der Waals surface area contributed by atoms with Crippen molar-refractivity contribution in [2.45, 2.75) is 37.7 Å². The third-order valence-electron chi connectivity index (χ3n) is 7.61. The van der Waals surface area contributed by atoms with E-state index in [0.29, 0.717) is 80.9 Å². The Morgan fingerprint density at radius 3 is 2.02 bits per heavy atom. The molecule has 1 aromatic heterocycles. The van der Waals surface area contributed by atoms with Gasteiger partial charge in [0, 0.05) is 50.9 Å². The van der Waals surface area contributed by atoms with Gasteiger partial charge in [0.15, 0.2) is 5.58 Å². The van der Waals surface area contributed by atoms with Crippen LogP contribution in [0.25, 0.3) is 11.1 Å². The van der Waals surface area contributed by atoms with Gasteiger partial charge in [-0.2, -0.15) is 26.3 Å². The first kappa shape index (κ1) is 28.7. The van der Waals surface area contributed by atoms with Crippen LogP contribution in [0.1, 0.15) is 39.9 Å². The van der Waals surface area contributed by atoms with E-state index in [2.05, 4.69) is 9.88 Å². The Morgan fingerprint density at radius 2 is 1.44 bits per heavy atom. The van der Waals surface area contributed by atoms with Crippen LogP contribution >= 0.6 is 0 Å². The average Bonchev–Trinajstić information content (AvgIpc) is 3.31. The predicted molar refractivity (Wildman–Crippen MR) is 134 cm³/mol. The van der Waals surface area contributed by atoms with E-state index in [1.54, 1.807) is 17.0 Å². The Hall–Kier alpha value is -3.81. The molecule has 41 heavy (non-hydrogen) atoms. The van der Waals surface area contributed by atoms with Crippen LogP contribution in [0.4, 0.5) is 26.3 Å². The van der Waals surface area contributed by atoms with Crippen molar-refractivity contribution in [3.63, 3.8) is 0 Å². The fourth-order valence-electron chi connectivity index (χ4n) is 5.44. The molecular weight excluding hydrogens is 558 g/mol.